The third-order valence-electron chi connectivity index (χ3n) is 3.87. The molecular weight excluding hydrogens is 320 g/mol. The van der Waals surface area contributed by atoms with E-state index in [-0.39, 0.29) is 17.6 Å². The van der Waals surface area contributed by atoms with Gasteiger partial charge in [-0.05, 0) is 42.2 Å². The van der Waals surface area contributed by atoms with Crippen molar-refractivity contribution in [3.05, 3.63) is 69.8 Å². The molecule has 6 heteroatoms. The van der Waals surface area contributed by atoms with E-state index in [9.17, 15) is 14.9 Å². The summed E-state index contributed by atoms with van der Waals surface area (Å²) in [5.74, 6) is 0.898. The van der Waals surface area contributed by atoms with E-state index in [0.717, 1.165) is 17.7 Å². The maximum atomic E-state index is 12.5. The summed E-state index contributed by atoms with van der Waals surface area (Å²) in [6.07, 6.45) is 0.783. The van der Waals surface area contributed by atoms with Crippen molar-refractivity contribution in [2.24, 2.45) is 5.92 Å². The molecule has 0 aliphatic heterocycles. The van der Waals surface area contributed by atoms with Crippen molar-refractivity contribution in [2.75, 3.05) is 7.11 Å². The molecule has 0 saturated carbocycles. The van der Waals surface area contributed by atoms with Gasteiger partial charge in [0.2, 0.25) is 0 Å². The van der Waals surface area contributed by atoms with Gasteiger partial charge in [0.05, 0.1) is 18.1 Å². The molecule has 2 aromatic rings. The Balaban J connectivity index is 2.17. The fourth-order valence-electron chi connectivity index (χ4n) is 2.56. The van der Waals surface area contributed by atoms with E-state index in [2.05, 4.69) is 19.2 Å². The molecule has 0 unspecified atom stereocenters. The molecule has 1 N–H and O–H groups in total. The lowest BCUT2D eigenvalue weighted by Crippen LogP contribution is -2.29. The maximum Gasteiger partial charge on any atom is 0.269 e. The molecule has 1 atom stereocenters. The minimum atomic E-state index is -0.486. The number of nitro groups is 1. The highest BCUT2D eigenvalue weighted by Crippen LogP contribution is 2.24. The fraction of sp³-hybridized carbons (Fsp3) is 0.316. The summed E-state index contributed by atoms with van der Waals surface area (Å²) in [5.41, 5.74) is 1.35. The second-order valence-corrected chi connectivity index (χ2v) is 6.23. The normalized spacial score (nSPS) is 11.8. The van der Waals surface area contributed by atoms with Crippen molar-refractivity contribution in [2.45, 2.75) is 26.3 Å². The van der Waals surface area contributed by atoms with E-state index in [1.807, 2.05) is 24.3 Å². The molecule has 2 aromatic carbocycles. The monoisotopic (exact) mass is 342 g/mol. The fourth-order valence-corrected chi connectivity index (χ4v) is 2.56. The first kappa shape index (κ1) is 18.4. The lowest BCUT2D eigenvalue weighted by molar-refractivity contribution is -0.384. The molecule has 0 aliphatic rings. The number of carbonyl (C=O) groups excluding carboxylic acids is 1. The van der Waals surface area contributed by atoms with Gasteiger partial charge in [0.25, 0.3) is 11.6 Å². The molecule has 0 heterocycles. The predicted molar refractivity (Wildman–Crippen MR) is 95.8 cm³/mol. The van der Waals surface area contributed by atoms with Crippen LogP contribution < -0.4 is 10.1 Å². The molecule has 6 nitrogen and oxygen atoms in total. The number of benzene rings is 2. The Kier molecular flexibility index (Phi) is 6.11. The highest BCUT2D eigenvalue weighted by molar-refractivity contribution is 5.94. The molecule has 1 amide bonds. The van der Waals surface area contributed by atoms with Crippen LogP contribution in [0.5, 0.6) is 5.75 Å². The maximum absolute atomic E-state index is 12.5. The Bertz CT molecular complexity index is 724. The summed E-state index contributed by atoms with van der Waals surface area (Å²) in [6.45, 7) is 4.18. The molecule has 0 fully saturated rings. The molecular formula is C19H22N2O4. The first-order chi connectivity index (χ1) is 11.9. The number of hydrogen-bond acceptors (Lipinski definition) is 4. The van der Waals surface area contributed by atoms with Crippen LogP contribution in [0.1, 0.15) is 42.2 Å². The van der Waals surface area contributed by atoms with Crippen LogP contribution in [0.15, 0.2) is 48.5 Å². The average molecular weight is 342 g/mol. The van der Waals surface area contributed by atoms with Crippen molar-refractivity contribution < 1.29 is 14.5 Å². The van der Waals surface area contributed by atoms with Crippen molar-refractivity contribution in [1.29, 1.82) is 0 Å². The Morgan fingerprint density at radius 1 is 1.12 bits per heavy atom. The van der Waals surface area contributed by atoms with E-state index < -0.39 is 4.92 Å². The van der Waals surface area contributed by atoms with Gasteiger partial charge >= 0.3 is 0 Å². The minimum absolute atomic E-state index is 0.0366. The number of nitro benzene ring substituents is 1. The number of methoxy groups -OCH3 is 1. The van der Waals surface area contributed by atoms with Crippen LogP contribution in [0.4, 0.5) is 5.69 Å². The van der Waals surface area contributed by atoms with Gasteiger partial charge in [-0.1, -0.05) is 26.0 Å². The number of hydrogen-bond donors (Lipinski definition) is 1. The smallest absolute Gasteiger partial charge is 0.269 e. The largest absolute Gasteiger partial charge is 0.497 e. The summed E-state index contributed by atoms with van der Waals surface area (Å²) >= 11 is 0. The SMILES string of the molecule is COc1ccc([C@@H](CC(C)C)NC(=O)c2ccc([N+](=O)[O-])cc2)cc1. The zero-order chi connectivity index (χ0) is 18.4. The number of rotatable bonds is 7. The van der Waals surface area contributed by atoms with Crippen LogP contribution in [0.3, 0.4) is 0 Å². The van der Waals surface area contributed by atoms with Gasteiger partial charge in [0.1, 0.15) is 5.75 Å². The predicted octanol–water partition coefficient (Wildman–Crippen LogP) is 4.12. The zero-order valence-corrected chi connectivity index (χ0v) is 14.6. The van der Waals surface area contributed by atoms with Crippen molar-refractivity contribution in [1.82, 2.24) is 5.32 Å². The van der Waals surface area contributed by atoms with Crippen LogP contribution in [0, 0.1) is 16.0 Å². The molecule has 0 bridgehead atoms. The zero-order valence-electron chi connectivity index (χ0n) is 14.6. The standard InChI is InChI=1S/C19H22N2O4/c1-13(2)12-18(14-6-10-17(25-3)11-7-14)20-19(22)15-4-8-16(9-5-15)21(23)24/h4-11,13,18H,12H2,1-3H3,(H,20,22)/t18-/m1/s1. The third kappa shape index (κ3) is 5.04. The van der Waals surface area contributed by atoms with Gasteiger partial charge < -0.3 is 10.1 Å². The molecule has 0 aliphatic carbocycles. The molecule has 0 aromatic heterocycles. The highest BCUT2D eigenvalue weighted by Gasteiger charge is 2.18. The van der Waals surface area contributed by atoms with Crippen LogP contribution in [-0.4, -0.2) is 17.9 Å². The Hall–Kier alpha value is -2.89. The van der Waals surface area contributed by atoms with E-state index in [4.69, 9.17) is 4.74 Å². The average Bonchev–Trinajstić information content (AvgIpc) is 2.61. The van der Waals surface area contributed by atoms with E-state index in [0.29, 0.717) is 11.5 Å². The van der Waals surface area contributed by atoms with Crippen LogP contribution >= 0.6 is 0 Å². The van der Waals surface area contributed by atoms with Crippen LogP contribution in [0.2, 0.25) is 0 Å². The Labute approximate surface area is 147 Å². The van der Waals surface area contributed by atoms with Gasteiger partial charge in [0, 0.05) is 17.7 Å². The second kappa shape index (κ2) is 8.28. The minimum Gasteiger partial charge on any atom is -0.497 e. The topological polar surface area (TPSA) is 81.5 Å². The third-order valence-corrected chi connectivity index (χ3v) is 3.87. The Morgan fingerprint density at radius 2 is 1.72 bits per heavy atom. The lowest BCUT2D eigenvalue weighted by Gasteiger charge is -2.21. The summed E-state index contributed by atoms with van der Waals surface area (Å²) < 4.78 is 5.17. The number of ether oxygens (including phenoxy) is 1. The quantitative estimate of drug-likeness (QED) is 0.606. The summed E-state index contributed by atoms with van der Waals surface area (Å²) in [7, 11) is 1.61. The van der Waals surface area contributed by atoms with Gasteiger partial charge in [-0.3, -0.25) is 14.9 Å². The number of carbonyl (C=O) groups is 1. The second-order valence-electron chi connectivity index (χ2n) is 6.23. The number of non-ortho nitro benzene ring substituents is 1. The van der Waals surface area contributed by atoms with Gasteiger partial charge in [-0.2, -0.15) is 0 Å². The molecule has 132 valence electrons. The summed E-state index contributed by atoms with van der Waals surface area (Å²) in [4.78, 5) is 22.7. The van der Waals surface area contributed by atoms with Crippen LogP contribution in [0.25, 0.3) is 0 Å². The molecule has 0 spiro atoms. The van der Waals surface area contributed by atoms with E-state index in [1.54, 1.807) is 7.11 Å². The first-order valence-corrected chi connectivity index (χ1v) is 8.10. The number of nitrogens with zero attached hydrogens (tertiary/aromatic N) is 1. The van der Waals surface area contributed by atoms with E-state index >= 15 is 0 Å². The van der Waals surface area contributed by atoms with Gasteiger partial charge in [-0.25, -0.2) is 0 Å². The summed E-state index contributed by atoms with van der Waals surface area (Å²) in [5, 5.41) is 13.7. The number of amides is 1. The molecule has 0 radical (unpaired) electrons. The van der Waals surface area contributed by atoms with Crippen molar-refractivity contribution in [3.63, 3.8) is 0 Å². The molecule has 0 saturated heterocycles. The van der Waals surface area contributed by atoms with Crippen LogP contribution in [-0.2, 0) is 0 Å². The molecule has 2 rings (SSSR count). The van der Waals surface area contributed by atoms with Gasteiger partial charge in [-0.15, -0.1) is 0 Å². The summed E-state index contributed by atoms with van der Waals surface area (Å²) in [6, 6.07) is 13.0. The lowest BCUT2D eigenvalue weighted by atomic mass is 9.96. The highest BCUT2D eigenvalue weighted by atomic mass is 16.6. The van der Waals surface area contributed by atoms with Crippen molar-refractivity contribution in [3.8, 4) is 5.75 Å². The molecule has 25 heavy (non-hydrogen) atoms. The van der Waals surface area contributed by atoms with E-state index in [1.165, 1.54) is 24.3 Å². The Morgan fingerprint density at radius 3 is 2.20 bits per heavy atom. The first-order valence-electron chi connectivity index (χ1n) is 8.10. The van der Waals surface area contributed by atoms with Gasteiger partial charge in [0.15, 0.2) is 0 Å². The number of nitrogens with one attached hydrogen (secondary N) is 1. The van der Waals surface area contributed by atoms with Crippen molar-refractivity contribution >= 4 is 11.6 Å².